The Bertz CT molecular complexity index is 819. The van der Waals surface area contributed by atoms with Gasteiger partial charge in [-0.25, -0.2) is 4.79 Å². The Morgan fingerprint density at radius 3 is 1.57 bits per heavy atom. The van der Waals surface area contributed by atoms with E-state index in [9.17, 15) is 4.79 Å². The maximum atomic E-state index is 11.0. The van der Waals surface area contributed by atoms with Crippen molar-refractivity contribution in [2.45, 2.75) is 18.9 Å². The molecule has 1 N–H and O–H groups in total. The van der Waals surface area contributed by atoms with Gasteiger partial charge >= 0.3 is 5.97 Å². The molecule has 3 rings (SSSR count). The van der Waals surface area contributed by atoms with Gasteiger partial charge in [-0.15, -0.1) is 0 Å². The average molecular weight is 372 g/mol. The zero-order valence-electron chi connectivity index (χ0n) is 15.9. The summed E-state index contributed by atoms with van der Waals surface area (Å²) in [6, 6.07) is 30.4. The van der Waals surface area contributed by atoms with Crippen LogP contribution >= 0.6 is 0 Å². The summed E-state index contributed by atoms with van der Waals surface area (Å²) < 4.78 is 6.58. The van der Waals surface area contributed by atoms with Crippen LogP contribution in [-0.2, 0) is 15.1 Å². The molecular weight excluding hydrogens is 348 g/mol. The van der Waals surface area contributed by atoms with Crippen molar-refractivity contribution in [3.8, 4) is 0 Å². The maximum absolute atomic E-state index is 11.0. The van der Waals surface area contributed by atoms with E-state index in [-0.39, 0.29) is 0 Å². The van der Waals surface area contributed by atoms with Crippen LogP contribution in [-0.4, -0.2) is 17.7 Å². The van der Waals surface area contributed by atoms with E-state index >= 15 is 0 Å². The SMILES string of the molecule is CC(=CCCOC(c1ccccc1)(c1ccccc1)c1ccccc1)C(=O)O. The van der Waals surface area contributed by atoms with E-state index in [1.807, 2.05) is 54.6 Å². The third-order valence-corrected chi connectivity index (χ3v) is 4.77. The highest BCUT2D eigenvalue weighted by Crippen LogP contribution is 2.40. The molecule has 0 unspecified atom stereocenters. The first-order valence-electron chi connectivity index (χ1n) is 9.35. The Labute approximate surface area is 165 Å². The van der Waals surface area contributed by atoms with E-state index in [0.29, 0.717) is 18.6 Å². The molecule has 0 saturated heterocycles. The van der Waals surface area contributed by atoms with Gasteiger partial charge in [0.15, 0.2) is 0 Å². The topological polar surface area (TPSA) is 46.5 Å². The lowest BCUT2D eigenvalue weighted by Gasteiger charge is -2.36. The summed E-state index contributed by atoms with van der Waals surface area (Å²) in [5.41, 5.74) is 2.66. The highest BCUT2D eigenvalue weighted by Gasteiger charge is 2.37. The minimum Gasteiger partial charge on any atom is -0.478 e. The first-order chi connectivity index (χ1) is 13.6. The second-order valence-corrected chi connectivity index (χ2v) is 6.61. The lowest BCUT2D eigenvalue weighted by atomic mass is 9.80. The molecule has 0 aromatic heterocycles. The van der Waals surface area contributed by atoms with Crippen molar-refractivity contribution in [2.24, 2.45) is 0 Å². The first kappa shape index (κ1) is 19.6. The van der Waals surface area contributed by atoms with Crippen LogP contribution < -0.4 is 0 Å². The molecule has 0 fully saturated rings. The summed E-state index contributed by atoms with van der Waals surface area (Å²) >= 11 is 0. The molecule has 28 heavy (non-hydrogen) atoms. The Kier molecular flexibility index (Phi) is 6.41. The van der Waals surface area contributed by atoms with Gasteiger partial charge < -0.3 is 9.84 Å². The summed E-state index contributed by atoms with van der Waals surface area (Å²) in [5.74, 6) is -0.902. The number of hydrogen-bond acceptors (Lipinski definition) is 2. The minimum absolute atomic E-state index is 0.327. The van der Waals surface area contributed by atoms with E-state index in [2.05, 4.69) is 36.4 Å². The van der Waals surface area contributed by atoms with E-state index in [4.69, 9.17) is 9.84 Å². The van der Waals surface area contributed by atoms with Crippen molar-refractivity contribution >= 4 is 5.97 Å². The van der Waals surface area contributed by atoms with Gasteiger partial charge in [0, 0.05) is 5.57 Å². The summed E-state index contributed by atoms with van der Waals surface area (Å²) in [5, 5.41) is 9.07. The van der Waals surface area contributed by atoms with Crippen molar-refractivity contribution in [3.63, 3.8) is 0 Å². The molecule has 3 heteroatoms. The van der Waals surface area contributed by atoms with Crippen molar-refractivity contribution in [2.75, 3.05) is 6.61 Å². The third-order valence-electron chi connectivity index (χ3n) is 4.77. The number of benzene rings is 3. The smallest absolute Gasteiger partial charge is 0.330 e. The van der Waals surface area contributed by atoms with Crippen LogP contribution in [0.25, 0.3) is 0 Å². The van der Waals surface area contributed by atoms with Gasteiger partial charge in [0.05, 0.1) is 6.61 Å². The molecule has 3 nitrogen and oxygen atoms in total. The molecule has 0 aliphatic rings. The first-order valence-corrected chi connectivity index (χ1v) is 9.35. The summed E-state index contributed by atoms with van der Waals surface area (Å²) in [6.07, 6.45) is 2.22. The molecule has 3 aromatic carbocycles. The monoisotopic (exact) mass is 372 g/mol. The van der Waals surface area contributed by atoms with Gasteiger partial charge in [-0.2, -0.15) is 0 Å². The zero-order valence-corrected chi connectivity index (χ0v) is 15.9. The Balaban J connectivity index is 2.06. The number of carboxylic acids is 1. The van der Waals surface area contributed by atoms with Crippen LogP contribution in [0.1, 0.15) is 30.0 Å². The largest absolute Gasteiger partial charge is 0.478 e. The van der Waals surface area contributed by atoms with Crippen LogP contribution in [0.3, 0.4) is 0 Å². The maximum Gasteiger partial charge on any atom is 0.330 e. The van der Waals surface area contributed by atoms with E-state index in [1.165, 1.54) is 0 Å². The number of hydrogen-bond donors (Lipinski definition) is 1. The molecule has 0 radical (unpaired) electrons. The van der Waals surface area contributed by atoms with Crippen LogP contribution in [0.2, 0.25) is 0 Å². The molecule has 0 heterocycles. The fourth-order valence-electron chi connectivity index (χ4n) is 3.34. The lowest BCUT2D eigenvalue weighted by molar-refractivity contribution is -0.132. The summed E-state index contributed by atoms with van der Waals surface area (Å²) in [6.45, 7) is 1.99. The zero-order chi connectivity index (χ0) is 19.8. The molecule has 0 bridgehead atoms. The van der Waals surface area contributed by atoms with Gasteiger partial charge in [0.1, 0.15) is 5.60 Å². The van der Waals surface area contributed by atoms with E-state index < -0.39 is 11.6 Å². The number of carbonyl (C=O) groups is 1. The standard InChI is InChI=1S/C25H24O3/c1-20(24(26)27)12-11-19-28-25(21-13-5-2-6-14-21,22-15-7-3-8-16-22)23-17-9-4-10-18-23/h2-10,12-18H,11,19H2,1H3,(H,26,27). The van der Waals surface area contributed by atoms with Gasteiger partial charge in [-0.3, -0.25) is 0 Å². The van der Waals surface area contributed by atoms with Crippen LogP contribution in [0, 0.1) is 0 Å². The van der Waals surface area contributed by atoms with Gasteiger partial charge in [-0.1, -0.05) is 97.1 Å². The van der Waals surface area contributed by atoms with Crippen LogP contribution in [0.4, 0.5) is 0 Å². The lowest BCUT2D eigenvalue weighted by Crippen LogP contribution is -2.33. The normalized spacial score (nSPS) is 12.0. The Morgan fingerprint density at radius 1 is 0.821 bits per heavy atom. The summed E-state index contributed by atoms with van der Waals surface area (Å²) in [7, 11) is 0. The predicted molar refractivity (Wildman–Crippen MR) is 111 cm³/mol. The predicted octanol–water partition coefficient (Wildman–Crippen LogP) is 5.42. The molecule has 0 saturated carbocycles. The van der Waals surface area contributed by atoms with Crippen molar-refractivity contribution in [1.82, 2.24) is 0 Å². The van der Waals surface area contributed by atoms with Gasteiger partial charge in [-0.05, 0) is 30.0 Å². The van der Waals surface area contributed by atoms with Gasteiger partial charge in [0.25, 0.3) is 0 Å². The number of rotatable bonds is 8. The fourth-order valence-corrected chi connectivity index (χ4v) is 3.34. The fraction of sp³-hybridized carbons (Fsp3) is 0.160. The minimum atomic E-state index is -0.902. The number of aliphatic carboxylic acids is 1. The third kappa shape index (κ3) is 4.21. The second-order valence-electron chi connectivity index (χ2n) is 6.61. The Hall–Kier alpha value is -3.17. The van der Waals surface area contributed by atoms with Crippen LogP contribution in [0.5, 0.6) is 0 Å². The quantitative estimate of drug-likeness (QED) is 0.326. The second kappa shape index (κ2) is 9.16. The van der Waals surface area contributed by atoms with E-state index in [0.717, 1.165) is 16.7 Å². The Morgan fingerprint density at radius 2 is 1.21 bits per heavy atom. The molecule has 142 valence electrons. The molecule has 0 spiro atoms. The average Bonchev–Trinajstić information content (AvgIpc) is 2.75. The molecule has 0 aliphatic heterocycles. The highest BCUT2D eigenvalue weighted by molar-refractivity contribution is 5.85. The molecule has 0 aliphatic carbocycles. The van der Waals surface area contributed by atoms with E-state index in [1.54, 1.807) is 13.0 Å². The molecule has 0 amide bonds. The molecule has 3 aromatic rings. The van der Waals surface area contributed by atoms with Crippen molar-refractivity contribution < 1.29 is 14.6 Å². The number of ether oxygens (including phenoxy) is 1. The van der Waals surface area contributed by atoms with Crippen molar-refractivity contribution in [1.29, 1.82) is 0 Å². The van der Waals surface area contributed by atoms with Crippen LogP contribution in [0.15, 0.2) is 103 Å². The summed E-state index contributed by atoms with van der Waals surface area (Å²) in [4.78, 5) is 11.0. The molecule has 0 atom stereocenters. The highest BCUT2D eigenvalue weighted by atomic mass is 16.5. The van der Waals surface area contributed by atoms with Crippen molar-refractivity contribution in [3.05, 3.63) is 119 Å². The molecular formula is C25H24O3. The van der Waals surface area contributed by atoms with Gasteiger partial charge in [0.2, 0.25) is 0 Å². The number of carboxylic acid groups (broad SMARTS) is 1.